The molecule has 1 N–H and O–H groups in total. The van der Waals surface area contributed by atoms with Crippen molar-refractivity contribution in [2.24, 2.45) is 0 Å². The number of benzene rings is 1. The predicted molar refractivity (Wildman–Crippen MR) is 61.9 cm³/mol. The highest BCUT2D eigenvalue weighted by Crippen LogP contribution is 2.20. The van der Waals surface area contributed by atoms with Crippen LogP contribution in [-0.4, -0.2) is 22.7 Å². The normalized spacial score (nSPS) is 10.3. The van der Waals surface area contributed by atoms with Crippen LogP contribution in [0, 0.1) is 5.82 Å². The number of carbonyl (C=O) groups is 1. The lowest BCUT2D eigenvalue weighted by atomic mass is 10.3. The van der Waals surface area contributed by atoms with Gasteiger partial charge < -0.3 is 5.32 Å². The molecule has 88 valence electrons. The van der Waals surface area contributed by atoms with E-state index in [-0.39, 0.29) is 22.4 Å². The average Bonchev–Trinajstić information content (AvgIpc) is 2.71. The molecule has 1 aromatic carbocycles. The molecule has 1 aromatic heterocycles. The van der Waals surface area contributed by atoms with Crippen molar-refractivity contribution < 1.29 is 9.18 Å². The Bertz CT molecular complexity index is 550. The number of halogens is 2. The van der Waals surface area contributed by atoms with Crippen molar-refractivity contribution in [2.45, 2.75) is 0 Å². The summed E-state index contributed by atoms with van der Waals surface area (Å²) in [4.78, 5) is 11.4. The second kappa shape index (κ2) is 4.55. The summed E-state index contributed by atoms with van der Waals surface area (Å²) in [5.41, 5.74) is 0.866. The van der Waals surface area contributed by atoms with E-state index in [0.29, 0.717) is 5.69 Å². The summed E-state index contributed by atoms with van der Waals surface area (Å²) in [6, 6.07) is 5.66. The van der Waals surface area contributed by atoms with Gasteiger partial charge in [-0.05, 0) is 24.3 Å². The third-order valence-electron chi connectivity index (χ3n) is 2.25. The van der Waals surface area contributed by atoms with Gasteiger partial charge in [-0.15, -0.1) is 0 Å². The lowest BCUT2D eigenvalue weighted by Crippen LogP contribution is -2.17. The Morgan fingerprint density at radius 3 is 2.65 bits per heavy atom. The summed E-state index contributed by atoms with van der Waals surface area (Å²) in [5.74, 6) is -0.660. The van der Waals surface area contributed by atoms with Gasteiger partial charge in [-0.3, -0.25) is 4.79 Å². The lowest BCUT2D eigenvalue weighted by molar-refractivity contribution is 0.0963. The molecule has 4 nitrogen and oxygen atoms in total. The first-order chi connectivity index (χ1) is 8.13. The number of hydrogen-bond acceptors (Lipinski definition) is 2. The number of nitrogens with one attached hydrogen (secondary N) is 1. The maximum Gasteiger partial charge on any atom is 0.255 e. The molecule has 17 heavy (non-hydrogen) atoms. The van der Waals surface area contributed by atoms with Crippen LogP contribution in [0.2, 0.25) is 5.15 Å². The molecule has 1 heterocycles. The summed E-state index contributed by atoms with van der Waals surface area (Å²) < 4.78 is 14.1. The fraction of sp³-hybridized carbons (Fsp3) is 0.0909. The van der Waals surface area contributed by atoms with Crippen LogP contribution in [0.4, 0.5) is 4.39 Å². The maximum atomic E-state index is 12.8. The van der Waals surface area contributed by atoms with Crippen LogP contribution in [0.3, 0.4) is 0 Å². The molecule has 0 bridgehead atoms. The quantitative estimate of drug-likeness (QED) is 0.890. The summed E-state index contributed by atoms with van der Waals surface area (Å²) in [6.07, 6.45) is 1.37. The zero-order chi connectivity index (χ0) is 12.4. The number of nitrogens with zero attached hydrogens (tertiary/aromatic N) is 2. The van der Waals surface area contributed by atoms with Gasteiger partial charge in [-0.2, -0.15) is 5.10 Å². The van der Waals surface area contributed by atoms with Crippen molar-refractivity contribution in [1.29, 1.82) is 0 Å². The third-order valence-corrected chi connectivity index (χ3v) is 2.62. The van der Waals surface area contributed by atoms with Crippen molar-refractivity contribution in [1.82, 2.24) is 15.1 Å². The molecule has 0 aliphatic heterocycles. The van der Waals surface area contributed by atoms with Gasteiger partial charge in [-0.25, -0.2) is 9.07 Å². The summed E-state index contributed by atoms with van der Waals surface area (Å²) in [7, 11) is 1.51. The van der Waals surface area contributed by atoms with Gasteiger partial charge in [0, 0.05) is 7.05 Å². The van der Waals surface area contributed by atoms with E-state index < -0.39 is 0 Å². The zero-order valence-electron chi connectivity index (χ0n) is 8.95. The minimum Gasteiger partial charge on any atom is -0.355 e. The molecule has 2 aromatic rings. The van der Waals surface area contributed by atoms with Crippen molar-refractivity contribution in [3.63, 3.8) is 0 Å². The van der Waals surface area contributed by atoms with Gasteiger partial charge in [0.25, 0.3) is 5.91 Å². The number of carbonyl (C=O) groups excluding carboxylic acids is 1. The van der Waals surface area contributed by atoms with E-state index in [0.717, 1.165) is 0 Å². The molecule has 0 unspecified atom stereocenters. The van der Waals surface area contributed by atoms with E-state index in [1.54, 1.807) is 0 Å². The van der Waals surface area contributed by atoms with Crippen molar-refractivity contribution >= 4 is 17.5 Å². The second-order valence-electron chi connectivity index (χ2n) is 3.32. The van der Waals surface area contributed by atoms with E-state index in [4.69, 9.17) is 11.6 Å². The molecule has 2 rings (SSSR count). The second-order valence-corrected chi connectivity index (χ2v) is 3.67. The molecule has 0 aliphatic carbocycles. The van der Waals surface area contributed by atoms with Crippen LogP contribution in [0.1, 0.15) is 10.4 Å². The van der Waals surface area contributed by atoms with Gasteiger partial charge in [0.05, 0.1) is 17.4 Å². The minimum atomic E-state index is -0.344. The molecule has 0 fully saturated rings. The molecule has 0 atom stereocenters. The first-order valence-electron chi connectivity index (χ1n) is 4.85. The highest BCUT2D eigenvalue weighted by molar-refractivity contribution is 6.33. The predicted octanol–water partition coefficient (Wildman–Crippen LogP) is 2.02. The van der Waals surface area contributed by atoms with Crippen LogP contribution in [0.15, 0.2) is 30.5 Å². The number of amides is 1. The molecule has 0 spiro atoms. The SMILES string of the molecule is CNC(=O)c1cnn(-c2ccc(F)cc2)c1Cl. The molecule has 0 saturated heterocycles. The first kappa shape index (κ1) is 11.6. The highest BCUT2D eigenvalue weighted by Gasteiger charge is 2.15. The summed E-state index contributed by atoms with van der Waals surface area (Å²) in [5, 5.41) is 6.64. The maximum absolute atomic E-state index is 12.8. The monoisotopic (exact) mass is 253 g/mol. The number of hydrogen-bond donors (Lipinski definition) is 1. The molecule has 0 saturated carbocycles. The fourth-order valence-corrected chi connectivity index (χ4v) is 1.66. The van der Waals surface area contributed by atoms with Crippen LogP contribution < -0.4 is 5.32 Å². The zero-order valence-corrected chi connectivity index (χ0v) is 9.70. The smallest absolute Gasteiger partial charge is 0.255 e. The Labute approximate surface area is 102 Å². The first-order valence-corrected chi connectivity index (χ1v) is 5.23. The van der Waals surface area contributed by atoms with Crippen LogP contribution in [0.25, 0.3) is 5.69 Å². The van der Waals surface area contributed by atoms with E-state index in [1.807, 2.05) is 0 Å². The Balaban J connectivity index is 2.44. The molecular formula is C11H9ClFN3O. The Morgan fingerprint density at radius 2 is 2.06 bits per heavy atom. The molecule has 1 amide bonds. The number of rotatable bonds is 2. The Morgan fingerprint density at radius 1 is 1.41 bits per heavy atom. The summed E-state index contributed by atoms with van der Waals surface area (Å²) >= 11 is 6.02. The topological polar surface area (TPSA) is 46.9 Å². The van der Waals surface area contributed by atoms with Gasteiger partial charge >= 0.3 is 0 Å². The van der Waals surface area contributed by atoms with E-state index in [1.165, 1.54) is 42.2 Å². The standard InChI is InChI=1S/C11H9ClFN3O/c1-14-11(17)9-6-15-16(10(9)12)8-4-2-7(13)3-5-8/h2-6H,1H3,(H,14,17). The van der Waals surface area contributed by atoms with Crippen molar-refractivity contribution in [2.75, 3.05) is 7.05 Å². The Hall–Kier alpha value is -1.88. The minimum absolute atomic E-state index is 0.191. The highest BCUT2D eigenvalue weighted by atomic mass is 35.5. The van der Waals surface area contributed by atoms with Crippen LogP contribution in [-0.2, 0) is 0 Å². The largest absolute Gasteiger partial charge is 0.355 e. The third kappa shape index (κ3) is 2.14. The van der Waals surface area contributed by atoms with Gasteiger partial charge in [0.1, 0.15) is 11.0 Å². The molecule has 6 heteroatoms. The van der Waals surface area contributed by atoms with E-state index in [2.05, 4.69) is 10.4 Å². The lowest BCUT2D eigenvalue weighted by Gasteiger charge is -2.03. The molecule has 0 aliphatic rings. The average molecular weight is 254 g/mol. The Kier molecular flexibility index (Phi) is 3.10. The van der Waals surface area contributed by atoms with Crippen molar-refractivity contribution in [3.05, 3.63) is 47.0 Å². The van der Waals surface area contributed by atoms with E-state index >= 15 is 0 Å². The van der Waals surface area contributed by atoms with Crippen LogP contribution in [0.5, 0.6) is 0 Å². The number of aromatic nitrogens is 2. The summed E-state index contributed by atoms with van der Waals surface area (Å²) in [6.45, 7) is 0. The van der Waals surface area contributed by atoms with Gasteiger partial charge in [-0.1, -0.05) is 11.6 Å². The van der Waals surface area contributed by atoms with Gasteiger partial charge in [0.15, 0.2) is 0 Å². The van der Waals surface area contributed by atoms with Gasteiger partial charge in [0.2, 0.25) is 0 Å². The van der Waals surface area contributed by atoms with Crippen molar-refractivity contribution in [3.8, 4) is 5.69 Å². The fourth-order valence-electron chi connectivity index (χ4n) is 1.38. The molecular weight excluding hydrogens is 245 g/mol. The molecule has 0 radical (unpaired) electrons. The van der Waals surface area contributed by atoms with E-state index in [9.17, 15) is 9.18 Å². The van der Waals surface area contributed by atoms with Crippen LogP contribution >= 0.6 is 11.6 Å².